The molecule has 0 saturated carbocycles. The summed E-state index contributed by atoms with van der Waals surface area (Å²) in [5, 5.41) is 0. The van der Waals surface area contributed by atoms with Gasteiger partial charge in [-0.25, -0.2) is 12.7 Å². The lowest BCUT2D eigenvalue weighted by atomic mass is 9.90. The van der Waals surface area contributed by atoms with Gasteiger partial charge in [-0.1, -0.05) is 13.8 Å². The normalized spacial score (nSPS) is 33.1. The van der Waals surface area contributed by atoms with Crippen molar-refractivity contribution in [1.29, 1.82) is 0 Å². The van der Waals surface area contributed by atoms with E-state index in [2.05, 4.69) is 13.8 Å². The van der Waals surface area contributed by atoms with Gasteiger partial charge in [-0.2, -0.15) is 0 Å². The third-order valence-electron chi connectivity index (χ3n) is 4.38. The van der Waals surface area contributed by atoms with Crippen molar-refractivity contribution in [2.45, 2.75) is 33.1 Å². The van der Waals surface area contributed by atoms with Crippen LogP contribution in [0.25, 0.3) is 0 Å². The average molecular weight is 302 g/mol. The van der Waals surface area contributed by atoms with Crippen molar-refractivity contribution >= 4 is 15.9 Å². The molecule has 0 aromatic carbocycles. The van der Waals surface area contributed by atoms with Crippen LogP contribution in [-0.2, 0) is 14.8 Å². The largest absolute Gasteiger partial charge is 0.342 e. The molecule has 2 saturated heterocycles. The van der Waals surface area contributed by atoms with Crippen LogP contribution in [0.3, 0.4) is 0 Å². The van der Waals surface area contributed by atoms with Crippen molar-refractivity contribution < 1.29 is 13.2 Å². The van der Waals surface area contributed by atoms with Crippen molar-refractivity contribution in [3.63, 3.8) is 0 Å². The van der Waals surface area contributed by atoms with Crippen LogP contribution in [0.2, 0.25) is 0 Å². The first kappa shape index (κ1) is 15.8. The molecule has 1 amide bonds. The number of piperidine rings is 2. The number of amides is 1. The molecule has 2 fully saturated rings. The summed E-state index contributed by atoms with van der Waals surface area (Å²) in [6.45, 7) is 6.91. The van der Waals surface area contributed by atoms with E-state index in [0.717, 1.165) is 25.9 Å². The quantitative estimate of drug-likeness (QED) is 0.769. The minimum Gasteiger partial charge on any atom is -0.342 e. The minimum absolute atomic E-state index is 0.150. The highest BCUT2D eigenvalue weighted by molar-refractivity contribution is 7.88. The molecule has 0 radical (unpaired) electrons. The Balaban J connectivity index is 2.01. The van der Waals surface area contributed by atoms with Crippen LogP contribution in [0.5, 0.6) is 0 Å². The Kier molecular flexibility index (Phi) is 4.74. The van der Waals surface area contributed by atoms with E-state index in [1.165, 1.54) is 17.0 Å². The van der Waals surface area contributed by atoms with E-state index in [1.54, 1.807) is 0 Å². The standard InChI is InChI=1S/C14H26N2O3S/c1-11-7-12(2)9-15(8-11)14(17)13-5-4-6-16(10-13)20(3,18)19/h11-13H,4-10H2,1-3H3. The maximum Gasteiger partial charge on any atom is 0.227 e. The van der Waals surface area contributed by atoms with Gasteiger partial charge in [-0.05, 0) is 31.1 Å². The summed E-state index contributed by atoms with van der Waals surface area (Å²) in [5.41, 5.74) is 0. The maximum absolute atomic E-state index is 12.6. The van der Waals surface area contributed by atoms with Crippen molar-refractivity contribution in [3.05, 3.63) is 0 Å². The van der Waals surface area contributed by atoms with Crippen LogP contribution in [0.4, 0.5) is 0 Å². The second kappa shape index (κ2) is 6.02. The van der Waals surface area contributed by atoms with Crippen molar-refractivity contribution in [2.75, 3.05) is 32.4 Å². The molecule has 0 aliphatic carbocycles. The zero-order chi connectivity index (χ0) is 14.9. The molecule has 20 heavy (non-hydrogen) atoms. The molecule has 5 nitrogen and oxygen atoms in total. The third kappa shape index (κ3) is 3.73. The number of nitrogens with zero attached hydrogens (tertiary/aromatic N) is 2. The van der Waals surface area contributed by atoms with Gasteiger partial charge in [0, 0.05) is 26.2 Å². The van der Waals surface area contributed by atoms with E-state index in [4.69, 9.17) is 0 Å². The maximum atomic E-state index is 12.6. The summed E-state index contributed by atoms with van der Waals surface area (Å²) >= 11 is 0. The van der Waals surface area contributed by atoms with E-state index in [0.29, 0.717) is 24.9 Å². The SMILES string of the molecule is CC1CC(C)CN(C(=O)C2CCCN(S(C)(=O)=O)C2)C1. The molecule has 116 valence electrons. The molecule has 0 aromatic heterocycles. The summed E-state index contributed by atoms with van der Waals surface area (Å²) in [7, 11) is -3.18. The fourth-order valence-electron chi connectivity index (χ4n) is 3.55. The van der Waals surface area contributed by atoms with Gasteiger partial charge in [0.1, 0.15) is 0 Å². The van der Waals surface area contributed by atoms with Gasteiger partial charge in [0.15, 0.2) is 0 Å². The molecule has 0 spiro atoms. The van der Waals surface area contributed by atoms with E-state index in [-0.39, 0.29) is 11.8 Å². The van der Waals surface area contributed by atoms with Gasteiger partial charge >= 0.3 is 0 Å². The van der Waals surface area contributed by atoms with Crippen molar-refractivity contribution in [1.82, 2.24) is 9.21 Å². The highest BCUT2D eigenvalue weighted by atomic mass is 32.2. The van der Waals surface area contributed by atoms with Crippen molar-refractivity contribution in [2.24, 2.45) is 17.8 Å². The lowest BCUT2D eigenvalue weighted by molar-refractivity contribution is -0.139. The second-order valence-electron chi connectivity index (χ2n) is 6.65. The van der Waals surface area contributed by atoms with Gasteiger partial charge in [0.05, 0.1) is 12.2 Å². The predicted molar refractivity (Wildman–Crippen MR) is 78.7 cm³/mol. The Morgan fingerprint density at radius 3 is 2.25 bits per heavy atom. The molecule has 2 aliphatic heterocycles. The van der Waals surface area contributed by atoms with E-state index in [9.17, 15) is 13.2 Å². The first-order chi connectivity index (χ1) is 9.27. The molecule has 2 heterocycles. The molecule has 3 atom stereocenters. The lowest BCUT2D eigenvalue weighted by Gasteiger charge is -2.39. The molecule has 0 bridgehead atoms. The molecule has 2 rings (SSSR count). The Labute approximate surface area is 122 Å². The van der Waals surface area contributed by atoms with Gasteiger partial charge in [-0.3, -0.25) is 4.79 Å². The minimum atomic E-state index is -3.18. The molecule has 3 unspecified atom stereocenters. The topological polar surface area (TPSA) is 57.7 Å². The molecule has 6 heteroatoms. The summed E-state index contributed by atoms with van der Waals surface area (Å²) in [4.78, 5) is 14.6. The summed E-state index contributed by atoms with van der Waals surface area (Å²) in [6, 6.07) is 0. The second-order valence-corrected chi connectivity index (χ2v) is 8.63. The van der Waals surface area contributed by atoms with Crippen LogP contribution in [0.1, 0.15) is 33.1 Å². The number of rotatable bonds is 2. The van der Waals surface area contributed by atoms with E-state index >= 15 is 0 Å². The summed E-state index contributed by atoms with van der Waals surface area (Å²) in [6.07, 6.45) is 3.99. The fourth-order valence-corrected chi connectivity index (χ4v) is 4.46. The fraction of sp³-hybridized carbons (Fsp3) is 0.929. The molecule has 0 aromatic rings. The monoisotopic (exact) mass is 302 g/mol. The van der Waals surface area contributed by atoms with Gasteiger partial charge in [0.25, 0.3) is 0 Å². The first-order valence-electron chi connectivity index (χ1n) is 7.51. The first-order valence-corrected chi connectivity index (χ1v) is 9.36. The smallest absolute Gasteiger partial charge is 0.227 e. The lowest BCUT2D eigenvalue weighted by Crippen LogP contribution is -2.50. The van der Waals surface area contributed by atoms with E-state index in [1.807, 2.05) is 4.90 Å². The molecule has 2 aliphatic rings. The number of hydrogen-bond donors (Lipinski definition) is 0. The molecular weight excluding hydrogens is 276 g/mol. The zero-order valence-corrected chi connectivity index (χ0v) is 13.5. The van der Waals surface area contributed by atoms with Crippen LogP contribution in [0, 0.1) is 17.8 Å². The van der Waals surface area contributed by atoms with Crippen LogP contribution in [-0.4, -0.2) is 56.0 Å². The van der Waals surface area contributed by atoms with Crippen LogP contribution < -0.4 is 0 Å². The highest BCUT2D eigenvalue weighted by Gasteiger charge is 2.34. The van der Waals surface area contributed by atoms with Crippen LogP contribution >= 0.6 is 0 Å². The zero-order valence-electron chi connectivity index (χ0n) is 12.7. The Morgan fingerprint density at radius 1 is 1.10 bits per heavy atom. The number of carbonyl (C=O) groups is 1. The summed E-state index contributed by atoms with van der Waals surface area (Å²) < 4.78 is 24.7. The average Bonchev–Trinajstić information content (AvgIpc) is 2.36. The van der Waals surface area contributed by atoms with E-state index < -0.39 is 10.0 Å². The van der Waals surface area contributed by atoms with Gasteiger partial charge in [-0.15, -0.1) is 0 Å². The van der Waals surface area contributed by atoms with Crippen LogP contribution in [0.15, 0.2) is 0 Å². The predicted octanol–water partition coefficient (Wildman–Crippen LogP) is 1.16. The number of hydrogen-bond acceptors (Lipinski definition) is 3. The Bertz CT molecular complexity index is 453. The Hall–Kier alpha value is -0.620. The third-order valence-corrected chi connectivity index (χ3v) is 5.65. The number of carbonyl (C=O) groups excluding carboxylic acids is 1. The van der Waals surface area contributed by atoms with Gasteiger partial charge < -0.3 is 4.90 Å². The Morgan fingerprint density at radius 2 is 1.70 bits per heavy atom. The molecule has 0 N–H and O–H groups in total. The highest BCUT2D eigenvalue weighted by Crippen LogP contribution is 2.26. The molecular formula is C14H26N2O3S. The summed E-state index contributed by atoms with van der Waals surface area (Å²) in [5.74, 6) is 1.07. The van der Waals surface area contributed by atoms with Crippen molar-refractivity contribution in [3.8, 4) is 0 Å². The number of sulfonamides is 1. The number of likely N-dealkylation sites (tertiary alicyclic amines) is 1. The van der Waals surface area contributed by atoms with Gasteiger partial charge in [0.2, 0.25) is 15.9 Å².